The molecule has 0 saturated heterocycles. The van der Waals surface area contributed by atoms with E-state index in [0.717, 1.165) is 22.0 Å². The van der Waals surface area contributed by atoms with Gasteiger partial charge in [0, 0.05) is 35.2 Å². The van der Waals surface area contributed by atoms with Crippen molar-refractivity contribution < 1.29 is 23.5 Å². The van der Waals surface area contributed by atoms with E-state index in [1.807, 2.05) is 30.3 Å². The number of fused-ring (bicyclic) bond motifs is 1. The third kappa shape index (κ3) is 5.87. The Labute approximate surface area is 247 Å². The number of halogens is 2. The molecule has 0 aliphatic heterocycles. The molecule has 1 aliphatic carbocycles. The molecule has 0 atom stereocenters. The maximum Gasteiger partial charge on any atom is 0.240 e. The highest BCUT2D eigenvalue weighted by Gasteiger charge is 2.56. The molecule has 1 aliphatic rings. The van der Waals surface area contributed by atoms with Crippen LogP contribution < -0.4 is 20.1 Å². The van der Waals surface area contributed by atoms with Crippen molar-refractivity contribution in [2.45, 2.75) is 12.8 Å². The summed E-state index contributed by atoms with van der Waals surface area (Å²) in [5, 5.41) is 6.38. The Hall–Kier alpha value is -5.02. The standard InChI is InChI=1S/C32H25FN4O4.ClH/c1-40-29-19-21(12-16-35-29)20-2-11-26-27(18-20)34-17-13-28(26)41-25-9-7-24(8-10-25)37-31(39)32(14-15-32)30(38)36-23-5-3-22(33)4-6-23;/h2-13,16-19H,14-15H2,1H3,(H,36,38)(H,37,39);1H. The molecule has 1 saturated carbocycles. The Bertz CT molecular complexity index is 1760. The van der Waals surface area contributed by atoms with Gasteiger partial charge >= 0.3 is 0 Å². The first-order valence-corrected chi connectivity index (χ1v) is 13.0. The summed E-state index contributed by atoms with van der Waals surface area (Å²) in [4.78, 5) is 34.5. The monoisotopic (exact) mass is 584 g/mol. The van der Waals surface area contributed by atoms with Crippen molar-refractivity contribution >= 4 is 46.5 Å². The summed E-state index contributed by atoms with van der Waals surface area (Å²) < 4.78 is 24.5. The number of pyridine rings is 2. The third-order valence-electron chi connectivity index (χ3n) is 7.04. The number of rotatable bonds is 8. The van der Waals surface area contributed by atoms with Gasteiger partial charge in [-0.25, -0.2) is 9.37 Å². The highest BCUT2D eigenvalue weighted by atomic mass is 35.5. The molecule has 5 aromatic rings. The molecule has 2 amide bonds. The molecular weight excluding hydrogens is 559 g/mol. The lowest BCUT2D eigenvalue weighted by molar-refractivity contribution is -0.131. The van der Waals surface area contributed by atoms with E-state index in [0.29, 0.717) is 41.6 Å². The van der Waals surface area contributed by atoms with Gasteiger partial charge in [-0.3, -0.25) is 14.6 Å². The molecular formula is C32H26ClFN4O4. The van der Waals surface area contributed by atoms with Crippen molar-refractivity contribution in [1.82, 2.24) is 9.97 Å². The van der Waals surface area contributed by atoms with Crippen LogP contribution in [0.4, 0.5) is 15.8 Å². The molecule has 10 heteroatoms. The maximum atomic E-state index is 13.2. The van der Waals surface area contributed by atoms with Gasteiger partial charge in [-0.2, -0.15) is 0 Å². The van der Waals surface area contributed by atoms with Gasteiger partial charge in [-0.05, 0) is 96.8 Å². The third-order valence-corrected chi connectivity index (χ3v) is 7.04. The number of nitrogens with one attached hydrogen (secondary N) is 2. The van der Waals surface area contributed by atoms with Crippen LogP contribution in [0.25, 0.3) is 22.0 Å². The van der Waals surface area contributed by atoms with Crippen LogP contribution >= 0.6 is 12.4 Å². The molecule has 2 N–H and O–H groups in total. The van der Waals surface area contributed by atoms with Gasteiger partial charge in [-0.15, -0.1) is 12.4 Å². The van der Waals surface area contributed by atoms with E-state index >= 15 is 0 Å². The van der Waals surface area contributed by atoms with Crippen LogP contribution in [0.5, 0.6) is 17.4 Å². The molecule has 8 nitrogen and oxygen atoms in total. The first kappa shape index (κ1) is 28.5. The normalized spacial score (nSPS) is 13.0. The summed E-state index contributed by atoms with van der Waals surface area (Å²) in [6, 6.07) is 23.9. The Kier molecular flexibility index (Phi) is 8.04. The highest BCUT2D eigenvalue weighted by Crippen LogP contribution is 2.47. The second-order valence-electron chi connectivity index (χ2n) is 9.75. The first-order chi connectivity index (χ1) is 19.9. The van der Waals surface area contributed by atoms with Gasteiger partial charge < -0.3 is 20.1 Å². The second-order valence-corrected chi connectivity index (χ2v) is 9.75. The minimum atomic E-state index is -1.14. The van der Waals surface area contributed by atoms with E-state index in [4.69, 9.17) is 9.47 Å². The maximum absolute atomic E-state index is 13.2. The van der Waals surface area contributed by atoms with E-state index in [2.05, 4.69) is 20.6 Å². The first-order valence-electron chi connectivity index (χ1n) is 13.0. The number of hydrogen-bond acceptors (Lipinski definition) is 6. The lowest BCUT2D eigenvalue weighted by Crippen LogP contribution is -2.35. The number of nitrogens with zero attached hydrogens (tertiary/aromatic N) is 2. The van der Waals surface area contributed by atoms with Gasteiger partial charge in [0.05, 0.1) is 12.6 Å². The average Bonchev–Trinajstić information content (AvgIpc) is 3.82. The summed E-state index contributed by atoms with van der Waals surface area (Å²) in [5.41, 5.74) is 2.55. The van der Waals surface area contributed by atoms with E-state index in [-0.39, 0.29) is 18.3 Å². The molecule has 0 radical (unpaired) electrons. The van der Waals surface area contributed by atoms with E-state index < -0.39 is 17.1 Å². The van der Waals surface area contributed by atoms with E-state index in [9.17, 15) is 14.0 Å². The van der Waals surface area contributed by atoms with Gasteiger partial charge in [-0.1, -0.05) is 6.07 Å². The molecule has 42 heavy (non-hydrogen) atoms. The van der Waals surface area contributed by atoms with Gasteiger partial charge in [0.15, 0.2) is 0 Å². The fourth-order valence-electron chi connectivity index (χ4n) is 4.54. The number of carbonyl (C=O) groups is 2. The molecule has 0 bridgehead atoms. The largest absolute Gasteiger partial charge is 0.481 e. The number of amides is 2. The number of methoxy groups -OCH3 is 1. The van der Waals surface area contributed by atoms with Crippen LogP contribution in [-0.4, -0.2) is 28.9 Å². The Morgan fingerprint density at radius 2 is 1.40 bits per heavy atom. The minimum absolute atomic E-state index is 0. The van der Waals surface area contributed by atoms with Crippen molar-refractivity contribution in [2.75, 3.05) is 17.7 Å². The zero-order valence-electron chi connectivity index (χ0n) is 22.5. The molecule has 2 heterocycles. The number of anilines is 2. The lowest BCUT2D eigenvalue weighted by Gasteiger charge is -2.16. The smallest absolute Gasteiger partial charge is 0.240 e. The average molecular weight is 585 g/mol. The van der Waals surface area contributed by atoms with Gasteiger partial charge in [0.2, 0.25) is 17.7 Å². The fraction of sp³-hybridized carbons (Fsp3) is 0.125. The summed E-state index contributed by atoms with van der Waals surface area (Å²) in [7, 11) is 1.58. The van der Waals surface area contributed by atoms with Crippen molar-refractivity contribution in [2.24, 2.45) is 5.41 Å². The van der Waals surface area contributed by atoms with E-state index in [1.165, 1.54) is 24.3 Å². The minimum Gasteiger partial charge on any atom is -0.481 e. The number of ether oxygens (including phenoxy) is 2. The van der Waals surface area contributed by atoms with Crippen LogP contribution in [0.15, 0.2) is 97.3 Å². The predicted octanol–water partition coefficient (Wildman–Crippen LogP) is 7.02. The number of benzene rings is 3. The van der Waals surface area contributed by atoms with Crippen LogP contribution in [-0.2, 0) is 9.59 Å². The molecule has 0 unspecified atom stereocenters. The topological polar surface area (TPSA) is 102 Å². The molecule has 1 fully saturated rings. The summed E-state index contributed by atoms with van der Waals surface area (Å²) in [6.45, 7) is 0. The van der Waals surface area contributed by atoms with Crippen LogP contribution in [0, 0.1) is 11.2 Å². The highest BCUT2D eigenvalue weighted by molar-refractivity contribution is 6.16. The Morgan fingerprint density at radius 3 is 2.05 bits per heavy atom. The second kappa shape index (κ2) is 11.8. The predicted molar refractivity (Wildman–Crippen MR) is 161 cm³/mol. The van der Waals surface area contributed by atoms with Crippen LogP contribution in [0.2, 0.25) is 0 Å². The molecule has 0 spiro atoms. The Balaban J connectivity index is 0.00000353. The van der Waals surface area contributed by atoms with Crippen molar-refractivity contribution in [3.63, 3.8) is 0 Å². The summed E-state index contributed by atoms with van der Waals surface area (Å²) >= 11 is 0. The zero-order valence-corrected chi connectivity index (χ0v) is 23.3. The zero-order chi connectivity index (χ0) is 28.4. The Morgan fingerprint density at radius 1 is 0.786 bits per heavy atom. The van der Waals surface area contributed by atoms with E-state index in [1.54, 1.807) is 49.8 Å². The molecule has 212 valence electrons. The van der Waals surface area contributed by atoms with Crippen molar-refractivity contribution in [3.05, 3.63) is 103 Å². The molecule has 3 aromatic carbocycles. The van der Waals surface area contributed by atoms with Crippen molar-refractivity contribution in [1.29, 1.82) is 0 Å². The lowest BCUT2D eigenvalue weighted by atomic mass is 10.0. The van der Waals surface area contributed by atoms with Crippen LogP contribution in [0.1, 0.15) is 12.8 Å². The quantitative estimate of drug-likeness (QED) is 0.190. The number of hydrogen-bond donors (Lipinski definition) is 2. The summed E-state index contributed by atoms with van der Waals surface area (Å²) in [5.74, 6) is 0.565. The molecule has 2 aromatic heterocycles. The van der Waals surface area contributed by atoms with Crippen LogP contribution in [0.3, 0.4) is 0 Å². The van der Waals surface area contributed by atoms with Crippen molar-refractivity contribution in [3.8, 4) is 28.5 Å². The van der Waals surface area contributed by atoms with Gasteiger partial charge in [0.25, 0.3) is 0 Å². The number of carbonyl (C=O) groups excluding carboxylic acids is 2. The molecule has 6 rings (SSSR count). The summed E-state index contributed by atoms with van der Waals surface area (Å²) in [6.07, 6.45) is 4.27. The number of aromatic nitrogens is 2. The SMILES string of the molecule is COc1cc(-c2ccc3c(Oc4ccc(NC(=O)C5(C(=O)Nc6ccc(F)cc6)CC5)cc4)ccnc3c2)ccn1.Cl. The van der Waals surface area contributed by atoms with Gasteiger partial charge in [0.1, 0.15) is 22.7 Å². The fourth-order valence-corrected chi connectivity index (χ4v) is 4.54.